The number of para-hydroxylation sites is 1. The second-order valence-corrected chi connectivity index (χ2v) is 4.82. The van der Waals surface area contributed by atoms with Crippen molar-refractivity contribution in [2.24, 2.45) is 0 Å². The number of nitrogens with zero attached hydrogens (tertiary/aromatic N) is 1. The minimum absolute atomic E-state index is 0.394. The molecule has 2 aromatic carbocycles. The molecule has 0 radical (unpaired) electrons. The van der Waals surface area contributed by atoms with Crippen LogP contribution in [-0.2, 0) is 6.54 Å². The van der Waals surface area contributed by atoms with E-state index in [-0.39, 0.29) is 0 Å². The average molecular weight is 255 g/mol. The van der Waals surface area contributed by atoms with E-state index in [1.807, 2.05) is 31.2 Å². The van der Waals surface area contributed by atoms with Crippen LogP contribution in [0, 0.1) is 0 Å². The molecule has 0 aromatic heterocycles. The van der Waals surface area contributed by atoms with Gasteiger partial charge in [-0.25, -0.2) is 0 Å². The molecule has 0 spiro atoms. The van der Waals surface area contributed by atoms with E-state index >= 15 is 0 Å². The first-order valence-electron chi connectivity index (χ1n) is 6.74. The predicted octanol–water partition coefficient (Wildman–Crippen LogP) is 3.77. The molecule has 100 valence electrons. The molecule has 0 bridgehead atoms. The van der Waals surface area contributed by atoms with Gasteiger partial charge in [-0.15, -0.1) is 0 Å². The van der Waals surface area contributed by atoms with E-state index in [2.05, 4.69) is 42.3 Å². The summed E-state index contributed by atoms with van der Waals surface area (Å²) in [6.45, 7) is 2.84. The van der Waals surface area contributed by atoms with Gasteiger partial charge in [0.15, 0.2) is 0 Å². The highest BCUT2D eigenvalue weighted by Crippen LogP contribution is 2.28. The number of anilines is 1. The zero-order valence-corrected chi connectivity index (χ0v) is 11.6. The molecular weight excluding hydrogens is 234 g/mol. The minimum atomic E-state index is -0.394. The lowest BCUT2D eigenvalue weighted by atomic mass is 10.0. The Balaban J connectivity index is 2.21. The van der Waals surface area contributed by atoms with Crippen molar-refractivity contribution in [2.75, 3.05) is 11.9 Å². The van der Waals surface area contributed by atoms with Crippen molar-refractivity contribution in [2.45, 2.75) is 26.0 Å². The van der Waals surface area contributed by atoms with Gasteiger partial charge < -0.3 is 10.0 Å². The SMILES string of the molecule is CCC(O)c1ccccc1N(C)Cc1ccccc1. The van der Waals surface area contributed by atoms with Gasteiger partial charge >= 0.3 is 0 Å². The Morgan fingerprint density at radius 1 is 1.00 bits per heavy atom. The zero-order valence-electron chi connectivity index (χ0n) is 11.6. The van der Waals surface area contributed by atoms with Crippen molar-refractivity contribution in [3.05, 3.63) is 65.7 Å². The number of hydrogen-bond donors (Lipinski definition) is 1. The maximum Gasteiger partial charge on any atom is 0.0807 e. The summed E-state index contributed by atoms with van der Waals surface area (Å²) < 4.78 is 0. The fraction of sp³-hybridized carbons (Fsp3) is 0.294. The Labute approximate surface area is 115 Å². The molecular formula is C17H21NO. The molecule has 0 aliphatic rings. The number of hydrogen-bond acceptors (Lipinski definition) is 2. The summed E-state index contributed by atoms with van der Waals surface area (Å²) in [7, 11) is 2.06. The van der Waals surface area contributed by atoms with E-state index in [1.165, 1.54) is 5.56 Å². The summed E-state index contributed by atoms with van der Waals surface area (Å²) >= 11 is 0. The highest BCUT2D eigenvalue weighted by Gasteiger charge is 2.13. The monoisotopic (exact) mass is 255 g/mol. The molecule has 0 heterocycles. The molecule has 0 saturated heterocycles. The summed E-state index contributed by atoms with van der Waals surface area (Å²) in [5, 5.41) is 10.1. The second kappa shape index (κ2) is 6.39. The Morgan fingerprint density at radius 3 is 2.32 bits per heavy atom. The van der Waals surface area contributed by atoms with Gasteiger partial charge in [0.2, 0.25) is 0 Å². The summed E-state index contributed by atoms with van der Waals surface area (Å²) in [5.74, 6) is 0. The molecule has 2 rings (SSSR count). The van der Waals surface area contributed by atoms with Crippen LogP contribution in [0.2, 0.25) is 0 Å². The van der Waals surface area contributed by atoms with Crippen LogP contribution in [0.1, 0.15) is 30.6 Å². The third-order valence-corrected chi connectivity index (χ3v) is 3.36. The Kier molecular flexibility index (Phi) is 4.58. The highest BCUT2D eigenvalue weighted by atomic mass is 16.3. The number of rotatable bonds is 5. The largest absolute Gasteiger partial charge is 0.388 e. The van der Waals surface area contributed by atoms with Gasteiger partial charge in [0.1, 0.15) is 0 Å². The van der Waals surface area contributed by atoms with Crippen LogP contribution >= 0.6 is 0 Å². The number of aliphatic hydroxyl groups is 1. The minimum Gasteiger partial charge on any atom is -0.388 e. The zero-order chi connectivity index (χ0) is 13.7. The quantitative estimate of drug-likeness (QED) is 0.879. The Morgan fingerprint density at radius 2 is 1.63 bits per heavy atom. The predicted molar refractivity (Wildman–Crippen MR) is 80.2 cm³/mol. The van der Waals surface area contributed by atoms with Crippen LogP contribution in [-0.4, -0.2) is 12.2 Å². The second-order valence-electron chi connectivity index (χ2n) is 4.82. The first-order chi connectivity index (χ1) is 9.22. The Hall–Kier alpha value is -1.80. The van der Waals surface area contributed by atoms with E-state index in [4.69, 9.17) is 0 Å². The van der Waals surface area contributed by atoms with Gasteiger partial charge in [-0.1, -0.05) is 55.5 Å². The van der Waals surface area contributed by atoms with Gasteiger partial charge in [-0.3, -0.25) is 0 Å². The van der Waals surface area contributed by atoms with E-state index in [9.17, 15) is 5.11 Å². The van der Waals surface area contributed by atoms with Crippen molar-refractivity contribution in [3.8, 4) is 0 Å². The first kappa shape index (κ1) is 13.6. The van der Waals surface area contributed by atoms with Crippen LogP contribution in [0.5, 0.6) is 0 Å². The summed E-state index contributed by atoms with van der Waals surface area (Å²) in [6, 6.07) is 18.4. The highest BCUT2D eigenvalue weighted by molar-refractivity contribution is 5.54. The van der Waals surface area contributed by atoms with Gasteiger partial charge in [-0.05, 0) is 18.1 Å². The van der Waals surface area contributed by atoms with Crippen LogP contribution in [0.15, 0.2) is 54.6 Å². The summed E-state index contributed by atoms with van der Waals surface area (Å²) in [5.41, 5.74) is 3.37. The van der Waals surface area contributed by atoms with Crippen LogP contribution in [0.3, 0.4) is 0 Å². The van der Waals surface area contributed by atoms with E-state index in [1.54, 1.807) is 0 Å². The standard InChI is InChI=1S/C17H21NO/c1-3-17(19)15-11-7-8-12-16(15)18(2)13-14-9-5-4-6-10-14/h4-12,17,19H,3,13H2,1-2H3. The van der Waals surface area contributed by atoms with E-state index in [0.717, 1.165) is 24.2 Å². The maximum absolute atomic E-state index is 10.1. The van der Waals surface area contributed by atoms with Gasteiger partial charge in [0.25, 0.3) is 0 Å². The molecule has 0 fully saturated rings. The third-order valence-electron chi connectivity index (χ3n) is 3.36. The van der Waals surface area contributed by atoms with Crippen molar-refractivity contribution >= 4 is 5.69 Å². The molecule has 1 unspecified atom stereocenters. The van der Waals surface area contributed by atoms with Crippen LogP contribution in [0.4, 0.5) is 5.69 Å². The molecule has 2 nitrogen and oxygen atoms in total. The molecule has 2 aromatic rings. The molecule has 0 saturated carbocycles. The molecule has 19 heavy (non-hydrogen) atoms. The topological polar surface area (TPSA) is 23.5 Å². The normalized spacial score (nSPS) is 12.2. The molecule has 1 atom stereocenters. The van der Waals surface area contributed by atoms with Crippen molar-refractivity contribution < 1.29 is 5.11 Å². The molecule has 2 heteroatoms. The summed E-state index contributed by atoms with van der Waals surface area (Å²) in [6.07, 6.45) is 0.338. The number of aliphatic hydroxyl groups excluding tert-OH is 1. The smallest absolute Gasteiger partial charge is 0.0807 e. The molecule has 0 amide bonds. The van der Waals surface area contributed by atoms with Gasteiger partial charge in [0, 0.05) is 24.8 Å². The van der Waals surface area contributed by atoms with Crippen LogP contribution in [0.25, 0.3) is 0 Å². The lowest BCUT2D eigenvalue weighted by Crippen LogP contribution is -2.18. The number of benzene rings is 2. The van der Waals surface area contributed by atoms with Crippen molar-refractivity contribution in [3.63, 3.8) is 0 Å². The maximum atomic E-state index is 10.1. The van der Waals surface area contributed by atoms with Crippen molar-refractivity contribution in [1.29, 1.82) is 0 Å². The van der Waals surface area contributed by atoms with Gasteiger partial charge in [-0.2, -0.15) is 0 Å². The average Bonchev–Trinajstić information content (AvgIpc) is 2.47. The Bertz CT molecular complexity index is 510. The van der Waals surface area contributed by atoms with Crippen LogP contribution < -0.4 is 4.90 Å². The fourth-order valence-corrected chi connectivity index (χ4v) is 2.28. The molecule has 0 aliphatic carbocycles. The van der Waals surface area contributed by atoms with Gasteiger partial charge in [0.05, 0.1) is 6.10 Å². The lowest BCUT2D eigenvalue weighted by molar-refractivity contribution is 0.174. The molecule has 0 aliphatic heterocycles. The fourth-order valence-electron chi connectivity index (χ4n) is 2.28. The first-order valence-corrected chi connectivity index (χ1v) is 6.74. The third kappa shape index (κ3) is 3.36. The van der Waals surface area contributed by atoms with E-state index < -0.39 is 6.10 Å². The molecule has 1 N–H and O–H groups in total. The lowest BCUT2D eigenvalue weighted by Gasteiger charge is -2.24. The summed E-state index contributed by atoms with van der Waals surface area (Å²) in [4.78, 5) is 2.18. The van der Waals surface area contributed by atoms with Crippen molar-refractivity contribution in [1.82, 2.24) is 0 Å². The van der Waals surface area contributed by atoms with E-state index in [0.29, 0.717) is 0 Å².